The molecule has 4 rings (SSSR count). The topological polar surface area (TPSA) is 69.0 Å². The number of hydrogen-bond acceptors (Lipinski definition) is 2. The van der Waals surface area contributed by atoms with E-state index >= 15 is 0 Å². The Morgan fingerprint density at radius 1 is 1.06 bits per heavy atom. The van der Waals surface area contributed by atoms with Crippen LogP contribution < -0.4 is 0 Å². The molecule has 0 saturated heterocycles. The summed E-state index contributed by atoms with van der Waals surface area (Å²) in [6.07, 6.45) is 9.19. The van der Waals surface area contributed by atoms with Gasteiger partial charge < -0.3 is 5.11 Å². The van der Waals surface area contributed by atoms with Gasteiger partial charge in [0.05, 0.1) is 5.60 Å². The number of rotatable bonds is 5. The van der Waals surface area contributed by atoms with Crippen LogP contribution in [0.3, 0.4) is 0 Å². The Hall–Kier alpha value is -1.51. The maximum atomic E-state index is 12.1. The maximum absolute atomic E-state index is 12.1. The van der Waals surface area contributed by atoms with Crippen molar-refractivity contribution in [1.29, 1.82) is 0 Å². The van der Waals surface area contributed by atoms with Crippen LogP contribution in [0.4, 0.5) is 0 Å². The fraction of sp³-hybridized carbons (Fsp3) is 0.778. The number of hydrogen-bond donors (Lipinski definition) is 1. The van der Waals surface area contributed by atoms with Gasteiger partial charge in [0.2, 0.25) is 0 Å². The molecule has 4 heteroatoms. The third kappa shape index (κ3) is 3.51. The van der Waals surface area contributed by atoms with Gasteiger partial charge in [-0.25, -0.2) is 0 Å². The number of fused-ring (bicyclic) bond motifs is 1. The minimum atomic E-state index is -0.787. The molecule has 170 valence electrons. The highest BCUT2D eigenvalue weighted by molar-refractivity contribution is 5.29. The van der Waals surface area contributed by atoms with Crippen LogP contribution in [0.2, 0.25) is 0 Å². The number of nitrogens with zero attached hydrogens (tertiary/aromatic N) is 3. The lowest BCUT2D eigenvalue weighted by Crippen LogP contribution is -2.54. The van der Waals surface area contributed by atoms with Crippen molar-refractivity contribution in [2.75, 3.05) is 6.54 Å². The summed E-state index contributed by atoms with van der Waals surface area (Å²) < 4.78 is 0. The third-order valence-electron chi connectivity index (χ3n) is 10.3. The molecule has 0 heterocycles. The van der Waals surface area contributed by atoms with E-state index in [0.717, 1.165) is 43.1 Å². The molecule has 0 amide bonds. The summed E-state index contributed by atoms with van der Waals surface area (Å²) in [5.41, 5.74) is 9.60. The van der Waals surface area contributed by atoms with Crippen LogP contribution >= 0.6 is 0 Å². The predicted molar refractivity (Wildman–Crippen MR) is 126 cm³/mol. The van der Waals surface area contributed by atoms with Crippen LogP contribution in [-0.4, -0.2) is 11.7 Å². The summed E-state index contributed by atoms with van der Waals surface area (Å²) >= 11 is 0. The molecule has 4 nitrogen and oxygen atoms in total. The van der Waals surface area contributed by atoms with Gasteiger partial charge in [-0.15, -0.1) is 0 Å². The second-order valence-corrected chi connectivity index (χ2v) is 11.5. The van der Waals surface area contributed by atoms with Crippen molar-refractivity contribution in [3.63, 3.8) is 0 Å². The van der Waals surface area contributed by atoms with Gasteiger partial charge in [-0.2, -0.15) is 0 Å². The minimum Gasteiger partial charge on any atom is -0.385 e. The second kappa shape index (κ2) is 8.45. The third-order valence-corrected chi connectivity index (χ3v) is 10.3. The predicted octanol–water partition coefficient (Wildman–Crippen LogP) is 7.48. The van der Waals surface area contributed by atoms with Crippen LogP contribution in [0, 0.1) is 40.4 Å². The molecule has 3 fully saturated rings. The van der Waals surface area contributed by atoms with E-state index in [4.69, 9.17) is 0 Å². The fourth-order valence-electron chi connectivity index (χ4n) is 8.45. The SMILES string of the molecule is CC[C@H]1C[C@@H](C)CC[C@]1(C)[C@H]1CC[C@@]2(C)[C@@H](CC[C@@]2(O)c2ccccc2)[C@@H]1CN=[N+]=[N-]. The Morgan fingerprint density at radius 3 is 2.45 bits per heavy atom. The Kier molecular flexibility index (Phi) is 6.18. The summed E-state index contributed by atoms with van der Waals surface area (Å²) in [5, 5.41) is 16.2. The van der Waals surface area contributed by atoms with E-state index in [2.05, 4.69) is 49.9 Å². The molecule has 3 aliphatic rings. The Balaban J connectivity index is 1.71. The van der Waals surface area contributed by atoms with E-state index < -0.39 is 5.60 Å². The lowest BCUT2D eigenvalue weighted by molar-refractivity contribution is -0.138. The average Bonchev–Trinajstić information content (AvgIpc) is 3.06. The van der Waals surface area contributed by atoms with Crippen LogP contribution in [0.25, 0.3) is 10.4 Å². The standard InChI is InChI=1S/C27H41N3O/c1-5-20-17-19(2)11-14-25(20,3)23-12-15-26(4)24(22(23)18-29-30-28)13-16-27(26,31)21-9-7-6-8-10-21/h6-10,19-20,22-24,31H,5,11-18H2,1-4H3/t19-,20-,22+,23-,24-,25-,26-,27+/m0/s1. The maximum Gasteiger partial charge on any atom is 0.0952 e. The van der Waals surface area contributed by atoms with E-state index in [1.54, 1.807) is 0 Å². The van der Waals surface area contributed by atoms with Crippen molar-refractivity contribution in [1.82, 2.24) is 0 Å². The van der Waals surface area contributed by atoms with Gasteiger partial charge in [-0.05, 0) is 84.6 Å². The van der Waals surface area contributed by atoms with Gasteiger partial charge in [0.1, 0.15) is 0 Å². The van der Waals surface area contributed by atoms with Crippen molar-refractivity contribution < 1.29 is 5.11 Å². The van der Waals surface area contributed by atoms with Crippen molar-refractivity contribution in [3.05, 3.63) is 46.3 Å². The molecule has 1 aromatic rings. The highest BCUT2D eigenvalue weighted by atomic mass is 16.3. The highest BCUT2D eigenvalue weighted by Crippen LogP contribution is 2.67. The molecule has 0 aliphatic heterocycles. The first-order valence-electron chi connectivity index (χ1n) is 12.6. The summed E-state index contributed by atoms with van der Waals surface area (Å²) in [7, 11) is 0. The molecule has 0 aromatic heterocycles. The van der Waals surface area contributed by atoms with Gasteiger partial charge in [0, 0.05) is 16.9 Å². The normalized spacial score (nSPS) is 45.0. The van der Waals surface area contributed by atoms with E-state index in [0.29, 0.717) is 29.7 Å². The van der Waals surface area contributed by atoms with E-state index in [-0.39, 0.29) is 5.41 Å². The molecule has 0 bridgehead atoms. The first-order chi connectivity index (χ1) is 14.8. The monoisotopic (exact) mass is 423 g/mol. The molecule has 3 saturated carbocycles. The van der Waals surface area contributed by atoms with E-state index in [9.17, 15) is 10.6 Å². The van der Waals surface area contributed by atoms with Crippen molar-refractivity contribution in [2.24, 2.45) is 45.5 Å². The van der Waals surface area contributed by atoms with Gasteiger partial charge in [0.25, 0.3) is 0 Å². The van der Waals surface area contributed by atoms with Crippen LogP contribution in [0.5, 0.6) is 0 Å². The number of aliphatic hydroxyl groups is 1. The summed E-state index contributed by atoms with van der Waals surface area (Å²) in [6, 6.07) is 10.3. The average molecular weight is 424 g/mol. The minimum absolute atomic E-state index is 0.166. The largest absolute Gasteiger partial charge is 0.385 e. The number of azide groups is 1. The summed E-state index contributed by atoms with van der Waals surface area (Å²) in [4.78, 5) is 3.18. The van der Waals surface area contributed by atoms with Gasteiger partial charge in [0.15, 0.2) is 0 Å². The van der Waals surface area contributed by atoms with E-state index in [1.165, 1.54) is 25.7 Å². The zero-order valence-corrected chi connectivity index (χ0v) is 19.9. The van der Waals surface area contributed by atoms with Crippen LogP contribution in [0.1, 0.15) is 84.6 Å². The Bertz CT molecular complexity index is 821. The molecule has 1 aromatic carbocycles. The molecule has 0 radical (unpaired) electrons. The van der Waals surface area contributed by atoms with Gasteiger partial charge in [-0.1, -0.05) is 76.0 Å². The molecule has 0 spiro atoms. The number of benzene rings is 1. The quantitative estimate of drug-likeness (QED) is 0.298. The first kappa shape index (κ1) is 22.7. The lowest BCUT2D eigenvalue weighted by atomic mass is 9.47. The van der Waals surface area contributed by atoms with Gasteiger partial charge in [-0.3, -0.25) is 0 Å². The fourth-order valence-corrected chi connectivity index (χ4v) is 8.45. The van der Waals surface area contributed by atoms with Crippen molar-refractivity contribution in [3.8, 4) is 0 Å². The Morgan fingerprint density at radius 2 is 1.77 bits per heavy atom. The molecular formula is C27H41N3O. The molecule has 8 atom stereocenters. The molecule has 3 aliphatic carbocycles. The highest BCUT2D eigenvalue weighted by Gasteiger charge is 2.63. The molecule has 31 heavy (non-hydrogen) atoms. The second-order valence-electron chi connectivity index (χ2n) is 11.5. The smallest absolute Gasteiger partial charge is 0.0952 e. The van der Waals surface area contributed by atoms with Crippen LogP contribution in [0.15, 0.2) is 35.4 Å². The lowest BCUT2D eigenvalue weighted by Gasteiger charge is -2.58. The van der Waals surface area contributed by atoms with Crippen molar-refractivity contribution >= 4 is 0 Å². The van der Waals surface area contributed by atoms with Crippen molar-refractivity contribution in [2.45, 2.75) is 84.7 Å². The van der Waals surface area contributed by atoms with E-state index in [1.807, 2.05) is 18.2 Å². The zero-order chi connectivity index (χ0) is 22.3. The summed E-state index contributed by atoms with van der Waals surface area (Å²) in [6.45, 7) is 10.2. The van der Waals surface area contributed by atoms with Gasteiger partial charge >= 0.3 is 0 Å². The molecule has 0 unspecified atom stereocenters. The Labute approximate surface area is 188 Å². The zero-order valence-electron chi connectivity index (χ0n) is 19.9. The molecule has 1 N–H and O–H groups in total. The first-order valence-corrected chi connectivity index (χ1v) is 12.6. The molecular weight excluding hydrogens is 382 g/mol. The summed E-state index contributed by atoms with van der Waals surface area (Å²) in [5.74, 6) is 2.90. The van der Waals surface area contributed by atoms with Crippen LogP contribution in [-0.2, 0) is 5.60 Å².